The van der Waals surface area contributed by atoms with Crippen molar-refractivity contribution in [2.45, 2.75) is 26.4 Å². The maximum atomic E-state index is 6.25. The SMILES string of the molecule is CCOc1cc(CNC(C)c2ccc(Cl)cc2Cl)ccc1OC. The zero-order valence-corrected chi connectivity index (χ0v) is 15.0. The predicted octanol–water partition coefficient (Wildman–Crippen LogP) is 5.25. The molecule has 1 N–H and O–H groups in total. The Bertz CT molecular complexity index is 661. The third kappa shape index (κ3) is 4.77. The van der Waals surface area contributed by atoms with Crippen LogP contribution in [0.25, 0.3) is 0 Å². The van der Waals surface area contributed by atoms with Crippen molar-refractivity contribution < 1.29 is 9.47 Å². The number of rotatable bonds is 7. The molecule has 0 bridgehead atoms. The molecule has 0 aliphatic carbocycles. The number of nitrogens with one attached hydrogen (secondary N) is 1. The number of methoxy groups -OCH3 is 1. The van der Waals surface area contributed by atoms with E-state index in [1.54, 1.807) is 13.2 Å². The van der Waals surface area contributed by atoms with Crippen LogP contribution in [-0.4, -0.2) is 13.7 Å². The minimum absolute atomic E-state index is 0.109. The van der Waals surface area contributed by atoms with Crippen LogP contribution in [-0.2, 0) is 6.54 Å². The molecular formula is C18H21Cl2NO2. The van der Waals surface area contributed by atoms with E-state index in [1.807, 2.05) is 37.3 Å². The lowest BCUT2D eigenvalue weighted by Gasteiger charge is -2.17. The summed E-state index contributed by atoms with van der Waals surface area (Å²) in [5.74, 6) is 1.50. The van der Waals surface area contributed by atoms with E-state index in [1.165, 1.54) is 0 Å². The van der Waals surface area contributed by atoms with Gasteiger partial charge in [-0.25, -0.2) is 0 Å². The third-order valence-electron chi connectivity index (χ3n) is 3.57. The molecule has 0 saturated carbocycles. The highest BCUT2D eigenvalue weighted by Gasteiger charge is 2.11. The van der Waals surface area contributed by atoms with Crippen molar-refractivity contribution in [1.29, 1.82) is 0 Å². The Kier molecular flexibility index (Phi) is 6.58. The van der Waals surface area contributed by atoms with Gasteiger partial charge < -0.3 is 14.8 Å². The van der Waals surface area contributed by atoms with Gasteiger partial charge in [-0.1, -0.05) is 35.3 Å². The summed E-state index contributed by atoms with van der Waals surface area (Å²) in [6.07, 6.45) is 0. The van der Waals surface area contributed by atoms with Crippen LogP contribution in [0.4, 0.5) is 0 Å². The maximum Gasteiger partial charge on any atom is 0.161 e. The van der Waals surface area contributed by atoms with Gasteiger partial charge in [-0.3, -0.25) is 0 Å². The van der Waals surface area contributed by atoms with Gasteiger partial charge in [0.2, 0.25) is 0 Å². The smallest absolute Gasteiger partial charge is 0.161 e. The zero-order chi connectivity index (χ0) is 16.8. The lowest BCUT2D eigenvalue weighted by Crippen LogP contribution is -2.18. The molecule has 0 aromatic heterocycles. The Morgan fingerprint density at radius 2 is 1.87 bits per heavy atom. The summed E-state index contributed by atoms with van der Waals surface area (Å²) in [6.45, 7) is 5.32. The lowest BCUT2D eigenvalue weighted by molar-refractivity contribution is 0.310. The quantitative estimate of drug-likeness (QED) is 0.737. The monoisotopic (exact) mass is 353 g/mol. The molecule has 3 nitrogen and oxygen atoms in total. The van der Waals surface area contributed by atoms with Gasteiger partial charge in [-0.05, 0) is 49.2 Å². The highest BCUT2D eigenvalue weighted by atomic mass is 35.5. The average molecular weight is 354 g/mol. The van der Waals surface area contributed by atoms with Crippen molar-refractivity contribution in [3.05, 3.63) is 57.6 Å². The molecule has 2 rings (SSSR count). The number of halogens is 2. The maximum absolute atomic E-state index is 6.25. The Morgan fingerprint density at radius 3 is 2.52 bits per heavy atom. The van der Waals surface area contributed by atoms with Crippen molar-refractivity contribution in [2.75, 3.05) is 13.7 Å². The van der Waals surface area contributed by atoms with Crippen molar-refractivity contribution >= 4 is 23.2 Å². The summed E-state index contributed by atoms with van der Waals surface area (Å²) in [5.41, 5.74) is 2.14. The third-order valence-corrected chi connectivity index (χ3v) is 4.13. The van der Waals surface area contributed by atoms with Crippen LogP contribution >= 0.6 is 23.2 Å². The van der Waals surface area contributed by atoms with E-state index < -0.39 is 0 Å². The van der Waals surface area contributed by atoms with Gasteiger partial charge in [0.05, 0.1) is 13.7 Å². The van der Waals surface area contributed by atoms with E-state index in [0.29, 0.717) is 23.2 Å². The molecule has 1 atom stereocenters. The van der Waals surface area contributed by atoms with Crippen LogP contribution in [0.2, 0.25) is 10.0 Å². The standard InChI is InChI=1S/C18H21Cl2NO2/c1-4-23-18-9-13(5-8-17(18)22-3)11-21-12(2)15-7-6-14(19)10-16(15)20/h5-10,12,21H,4,11H2,1-3H3. The number of ether oxygens (including phenoxy) is 2. The number of benzene rings is 2. The molecule has 0 fully saturated rings. The summed E-state index contributed by atoms with van der Waals surface area (Å²) in [7, 11) is 1.64. The summed E-state index contributed by atoms with van der Waals surface area (Å²) >= 11 is 12.2. The average Bonchev–Trinajstić information content (AvgIpc) is 2.53. The van der Waals surface area contributed by atoms with E-state index in [0.717, 1.165) is 22.6 Å². The van der Waals surface area contributed by atoms with E-state index in [9.17, 15) is 0 Å². The van der Waals surface area contributed by atoms with Crippen LogP contribution < -0.4 is 14.8 Å². The second-order valence-electron chi connectivity index (χ2n) is 5.19. The first-order chi connectivity index (χ1) is 11.0. The van der Waals surface area contributed by atoms with Crippen LogP contribution in [0.5, 0.6) is 11.5 Å². The molecule has 2 aromatic carbocycles. The Morgan fingerprint density at radius 1 is 1.09 bits per heavy atom. The summed E-state index contributed by atoms with van der Waals surface area (Å²) in [6, 6.07) is 11.6. The van der Waals surface area contributed by atoms with Crippen molar-refractivity contribution in [3.63, 3.8) is 0 Å². The largest absolute Gasteiger partial charge is 0.493 e. The zero-order valence-electron chi connectivity index (χ0n) is 13.5. The Balaban J connectivity index is 2.06. The minimum Gasteiger partial charge on any atom is -0.493 e. The summed E-state index contributed by atoms with van der Waals surface area (Å²) in [5, 5.41) is 4.77. The van der Waals surface area contributed by atoms with Gasteiger partial charge in [0.1, 0.15) is 0 Å². The summed E-state index contributed by atoms with van der Waals surface area (Å²) in [4.78, 5) is 0. The second kappa shape index (κ2) is 8.44. The molecule has 5 heteroatoms. The Hall–Kier alpha value is -1.42. The molecule has 0 spiro atoms. The summed E-state index contributed by atoms with van der Waals surface area (Å²) < 4.78 is 10.9. The molecule has 0 amide bonds. The first kappa shape index (κ1) is 17.9. The molecule has 1 unspecified atom stereocenters. The first-order valence-electron chi connectivity index (χ1n) is 7.53. The van der Waals surface area contributed by atoms with Crippen LogP contribution in [0.1, 0.15) is 31.0 Å². The molecule has 23 heavy (non-hydrogen) atoms. The highest BCUT2D eigenvalue weighted by molar-refractivity contribution is 6.35. The molecule has 0 aliphatic heterocycles. The molecule has 0 radical (unpaired) electrons. The van der Waals surface area contributed by atoms with Crippen molar-refractivity contribution in [3.8, 4) is 11.5 Å². The highest BCUT2D eigenvalue weighted by Crippen LogP contribution is 2.29. The normalized spacial score (nSPS) is 12.0. The van der Waals surface area contributed by atoms with Crippen LogP contribution in [0, 0.1) is 0 Å². The number of hydrogen-bond donors (Lipinski definition) is 1. The van der Waals surface area contributed by atoms with Gasteiger partial charge >= 0.3 is 0 Å². The van der Waals surface area contributed by atoms with Gasteiger partial charge in [0, 0.05) is 22.6 Å². The fourth-order valence-electron chi connectivity index (χ4n) is 2.33. The fourth-order valence-corrected chi connectivity index (χ4v) is 2.91. The second-order valence-corrected chi connectivity index (χ2v) is 6.03. The van der Waals surface area contributed by atoms with E-state index in [-0.39, 0.29) is 6.04 Å². The van der Waals surface area contributed by atoms with Crippen molar-refractivity contribution in [1.82, 2.24) is 5.32 Å². The predicted molar refractivity (Wildman–Crippen MR) is 95.9 cm³/mol. The molecule has 0 aliphatic rings. The van der Waals surface area contributed by atoms with E-state index in [4.69, 9.17) is 32.7 Å². The topological polar surface area (TPSA) is 30.5 Å². The molecule has 124 valence electrons. The minimum atomic E-state index is 0.109. The molecule has 0 heterocycles. The van der Waals surface area contributed by atoms with Crippen LogP contribution in [0.3, 0.4) is 0 Å². The van der Waals surface area contributed by atoms with Crippen LogP contribution in [0.15, 0.2) is 36.4 Å². The fraction of sp³-hybridized carbons (Fsp3) is 0.333. The van der Waals surface area contributed by atoms with Gasteiger partial charge in [-0.2, -0.15) is 0 Å². The molecular weight excluding hydrogens is 333 g/mol. The van der Waals surface area contributed by atoms with Gasteiger partial charge in [0.25, 0.3) is 0 Å². The van der Waals surface area contributed by atoms with E-state index in [2.05, 4.69) is 12.2 Å². The first-order valence-corrected chi connectivity index (χ1v) is 8.28. The molecule has 2 aromatic rings. The van der Waals surface area contributed by atoms with Gasteiger partial charge in [-0.15, -0.1) is 0 Å². The molecule has 0 saturated heterocycles. The Labute approximate surface area is 147 Å². The number of hydrogen-bond acceptors (Lipinski definition) is 3. The van der Waals surface area contributed by atoms with Crippen molar-refractivity contribution in [2.24, 2.45) is 0 Å². The lowest BCUT2D eigenvalue weighted by atomic mass is 10.1. The van der Waals surface area contributed by atoms with Gasteiger partial charge in [0.15, 0.2) is 11.5 Å². The van der Waals surface area contributed by atoms with E-state index >= 15 is 0 Å².